The van der Waals surface area contributed by atoms with Crippen LogP contribution in [0.15, 0.2) is 0 Å². The Morgan fingerprint density at radius 2 is 1.27 bits per heavy atom. The smallest absolute Gasteiger partial charge is 0.132 e. The first kappa shape index (κ1) is 25.7. The topological polar surface area (TPSA) is 18.5 Å². The predicted molar refractivity (Wildman–Crippen MR) is 118 cm³/mol. The van der Waals surface area contributed by atoms with Gasteiger partial charge in [0.2, 0.25) is 0 Å². The van der Waals surface area contributed by atoms with Crippen LogP contribution in [0.2, 0.25) is 19.1 Å². The summed E-state index contributed by atoms with van der Waals surface area (Å²) in [5.74, 6) is 3.42. The molecule has 2 nitrogen and oxygen atoms in total. The molecule has 26 heavy (non-hydrogen) atoms. The number of rotatable bonds is 17. The Kier molecular flexibility index (Phi) is 17.9. The van der Waals surface area contributed by atoms with E-state index < -0.39 is 8.07 Å². The van der Waals surface area contributed by atoms with Gasteiger partial charge in [0.1, 0.15) is 8.07 Å². The van der Waals surface area contributed by atoms with Gasteiger partial charge in [-0.15, -0.1) is 11.5 Å². The summed E-state index contributed by atoms with van der Waals surface area (Å²) in [5.41, 5.74) is 3.54. The maximum atomic E-state index is 5.58. The first-order valence-corrected chi connectivity index (χ1v) is 14.4. The zero-order chi connectivity index (χ0) is 19.5. The van der Waals surface area contributed by atoms with Crippen molar-refractivity contribution >= 4 is 8.07 Å². The van der Waals surface area contributed by atoms with Crippen molar-refractivity contribution < 1.29 is 9.47 Å². The first-order valence-electron chi connectivity index (χ1n) is 11.2. The normalized spacial score (nSPS) is 11.6. The van der Waals surface area contributed by atoms with Crippen LogP contribution < -0.4 is 0 Å². The van der Waals surface area contributed by atoms with E-state index in [0.29, 0.717) is 6.10 Å². The van der Waals surface area contributed by atoms with E-state index in [1.165, 1.54) is 70.3 Å². The van der Waals surface area contributed by atoms with E-state index in [1.807, 2.05) is 0 Å². The molecule has 0 aliphatic rings. The average Bonchev–Trinajstić information content (AvgIpc) is 2.60. The van der Waals surface area contributed by atoms with Crippen LogP contribution in [-0.2, 0) is 9.47 Å². The van der Waals surface area contributed by atoms with Crippen molar-refractivity contribution in [2.75, 3.05) is 19.8 Å². The van der Waals surface area contributed by atoms with Gasteiger partial charge < -0.3 is 9.47 Å². The monoisotopic (exact) mass is 382 g/mol. The minimum atomic E-state index is -1.16. The third-order valence-electron chi connectivity index (χ3n) is 4.83. The average molecular weight is 383 g/mol. The molecule has 0 rings (SSSR count). The highest BCUT2D eigenvalue weighted by Crippen LogP contribution is 2.11. The van der Waals surface area contributed by atoms with E-state index >= 15 is 0 Å². The lowest BCUT2D eigenvalue weighted by Crippen LogP contribution is -2.21. The molecular formula is C23H46O2Si. The van der Waals surface area contributed by atoms with Crippen molar-refractivity contribution in [1.29, 1.82) is 0 Å². The molecule has 0 bridgehead atoms. The second-order valence-electron chi connectivity index (χ2n) is 8.36. The van der Waals surface area contributed by atoms with E-state index in [0.717, 1.165) is 26.2 Å². The maximum Gasteiger partial charge on any atom is 0.132 e. The molecule has 0 amide bonds. The highest BCUT2D eigenvalue weighted by molar-refractivity contribution is 6.85. The molecule has 0 saturated heterocycles. The van der Waals surface area contributed by atoms with Crippen LogP contribution in [0.25, 0.3) is 0 Å². The Balaban J connectivity index is 3.16. The fourth-order valence-electron chi connectivity index (χ4n) is 2.67. The molecule has 0 aliphatic heterocycles. The Labute approximate surface area is 165 Å². The van der Waals surface area contributed by atoms with Crippen LogP contribution in [0.4, 0.5) is 0 Å². The number of ether oxygens (including phenoxy) is 2. The minimum Gasteiger partial charge on any atom is -0.379 e. The number of hydrogen-bond donors (Lipinski definition) is 0. The van der Waals surface area contributed by atoms with Crippen molar-refractivity contribution in [3.8, 4) is 11.5 Å². The molecule has 0 saturated carbocycles. The molecule has 0 N–H and O–H groups in total. The molecule has 0 unspecified atom stereocenters. The molecule has 0 heterocycles. The van der Waals surface area contributed by atoms with Crippen LogP contribution >= 0.6 is 0 Å². The van der Waals surface area contributed by atoms with Gasteiger partial charge in [0.25, 0.3) is 0 Å². The second-order valence-corrected chi connectivity index (χ2v) is 13.1. The SMILES string of the molecule is CC[Si](C)(C)C#CCCCCCCCCCCCCOCCOC(C)C. The van der Waals surface area contributed by atoms with Gasteiger partial charge in [-0.05, 0) is 32.7 Å². The predicted octanol–water partition coefficient (Wildman–Crippen LogP) is 6.99. The summed E-state index contributed by atoms with van der Waals surface area (Å²) >= 11 is 0. The zero-order valence-corrected chi connectivity index (χ0v) is 19.5. The van der Waals surface area contributed by atoms with Gasteiger partial charge in [0, 0.05) is 13.0 Å². The van der Waals surface area contributed by atoms with Gasteiger partial charge in [-0.2, -0.15) is 0 Å². The Hall–Kier alpha value is -0.303. The Morgan fingerprint density at radius 1 is 0.731 bits per heavy atom. The van der Waals surface area contributed by atoms with E-state index in [4.69, 9.17) is 9.47 Å². The standard InChI is InChI=1S/C23H46O2Si/c1-6-26(4,5)22-18-16-14-12-10-8-7-9-11-13-15-17-19-24-20-21-25-23(2)3/h23H,6-17,19-21H2,1-5H3. The van der Waals surface area contributed by atoms with Crippen LogP contribution in [0.3, 0.4) is 0 Å². The fourth-order valence-corrected chi connectivity index (χ4v) is 3.45. The maximum absolute atomic E-state index is 5.58. The van der Waals surface area contributed by atoms with E-state index in [1.54, 1.807) is 0 Å². The Bertz CT molecular complexity index is 355. The van der Waals surface area contributed by atoms with Gasteiger partial charge in [-0.1, -0.05) is 71.4 Å². The van der Waals surface area contributed by atoms with Crippen molar-refractivity contribution in [1.82, 2.24) is 0 Å². The van der Waals surface area contributed by atoms with Gasteiger partial charge in [0.15, 0.2) is 0 Å². The van der Waals surface area contributed by atoms with E-state index in [9.17, 15) is 0 Å². The lowest BCUT2D eigenvalue weighted by atomic mass is 10.1. The first-order chi connectivity index (χ1) is 12.5. The quantitative estimate of drug-likeness (QED) is 0.153. The number of unbranched alkanes of at least 4 members (excludes halogenated alkanes) is 10. The summed E-state index contributed by atoms with van der Waals surface area (Å²) in [6, 6.07) is 1.28. The van der Waals surface area contributed by atoms with Crippen LogP contribution in [0, 0.1) is 11.5 Å². The molecule has 0 radical (unpaired) electrons. The molecule has 0 spiro atoms. The lowest BCUT2D eigenvalue weighted by Gasteiger charge is -2.09. The molecule has 0 aromatic rings. The van der Waals surface area contributed by atoms with Crippen molar-refractivity contribution in [3.05, 3.63) is 0 Å². The summed E-state index contributed by atoms with van der Waals surface area (Å²) in [7, 11) is -1.16. The molecule has 154 valence electrons. The van der Waals surface area contributed by atoms with Gasteiger partial charge in [-0.3, -0.25) is 0 Å². The van der Waals surface area contributed by atoms with E-state index in [2.05, 4.69) is 45.3 Å². The molecule has 0 atom stereocenters. The van der Waals surface area contributed by atoms with Gasteiger partial charge >= 0.3 is 0 Å². The van der Waals surface area contributed by atoms with Gasteiger partial charge in [-0.25, -0.2) is 0 Å². The van der Waals surface area contributed by atoms with Gasteiger partial charge in [0.05, 0.1) is 19.3 Å². The summed E-state index contributed by atoms with van der Waals surface area (Å²) in [5, 5.41) is 0. The molecule has 0 aromatic carbocycles. The third kappa shape index (κ3) is 20.0. The highest BCUT2D eigenvalue weighted by Gasteiger charge is 2.13. The van der Waals surface area contributed by atoms with Crippen molar-refractivity contribution in [3.63, 3.8) is 0 Å². The van der Waals surface area contributed by atoms with Crippen LogP contribution in [0.1, 0.15) is 91.4 Å². The lowest BCUT2D eigenvalue weighted by molar-refractivity contribution is 0.0186. The molecular weight excluding hydrogens is 336 g/mol. The van der Waals surface area contributed by atoms with Crippen LogP contribution in [-0.4, -0.2) is 34.0 Å². The van der Waals surface area contributed by atoms with Crippen molar-refractivity contribution in [2.24, 2.45) is 0 Å². The summed E-state index contributed by atoms with van der Waals surface area (Å²) in [4.78, 5) is 0. The minimum absolute atomic E-state index is 0.312. The fraction of sp³-hybridized carbons (Fsp3) is 0.913. The Morgan fingerprint density at radius 3 is 1.81 bits per heavy atom. The molecule has 0 aromatic heterocycles. The molecule has 0 fully saturated rings. The number of hydrogen-bond acceptors (Lipinski definition) is 2. The largest absolute Gasteiger partial charge is 0.379 e. The summed E-state index contributed by atoms with van der Waals surface area (Å²) in [6.07, 6.45) is 14.9. The van der Waals surface area contributed by atoms with E-state index in [-0.39, 0.29) is 0 Å². The highest BCUT2D eigenvalue weighted by atomic mass is 28.3. The molecule has 0 aliphatic carbocycles. The zero-order valence-electron chi connectivity index (χ0n) is 18.5. The van der Waals surface area contributed by atoms with Crippen LogP contribution in [0.5, 0.6) is 0 Å². The molecule has 3 heteroatoms. The third-order valence-corrected chi connectivity index (χ3v) is 7.45. The summed E-state index contributed by atoms with van der Waals surface area (Å²) in [6.45, 7) is 13.5. The van der Waals surface area contributed by atoms with Crippen molar-refractivity contribution in [2.45, 2.75) is 117 Å². The second kappa shape index (κ2) is 18.1. The summed E-state index contributed by atoms with van der Waals surface area (Å²) < 4.78 is 11.0.